The lowest BCUT2D eigenvalue weighted by Gasteiger charge is -2.07. The number of hydrogen-bond donors (Lipinski definition) is 2. The first-order valence-corrected chi connectivity index (χ1v) is 8.44. The highest BCUT2D eigenvalue weighted by molar-refractivity contribution is 7.89. The quantitative estimate of drug-likeness (QED) is 0.373. The fourth-order valence-electron chi connectivity index (χ4n) is 1.56. The maximum atomic E-state index is 12.8. The van der Waals surface area contributed by atoms with Crippen molar-refractivity contribution in [1.82, 2.24) is 10.0 Å². The largest absolute Gasteiger partial charge is 0.456 e. The van der Waals surface area contributed by atoms with Crippen LogP contribution < -0.4 is 10.0 Å². The van der Waals surface area contributed by atoms with Crippen LogP contribution in [0.3, 0.4) is 0 Å². The molecule has 0 aliphatic carbocycles. The summed E-state index contributed by atoms with van der Waals surface area (Å²) in [5, 5.41) is 2.33. The number of benzene rings is 1. The average Bonchev–Trinajstić information content (AvgIpc) is 2.55. The molecule has 0 aromatic heterocycles. The Balaban J connectivity index is 2.27. The van der Waals surface area contributed by atoms with Crippen LogP contribution in [0, 0.1) is 18.2 Å². The molecular formula is C15H17FN2O5S. The predicted octanol–water partition coefficient (Wildman–Crippen LogP) is 0.177. The third-order valence-corrected chi connectivity index (χ3v) is 4.20. The number of sulfonamides is 1. The first kappa shape index (κ1) is 19.6. The predicted molar refractivity (Wildman–Crippen MR) is 83.6 cm³/mol. The summed E-state index contributed by atoms with van der Waals surface area (Å²) in [6, 6.07) is 4.36. The van der Waals surface area contributed by atoms with E-state index in [4.69, 9.17) is 11.2 Å². The number of rotatable bonds is 9. The molecule has 1 rings (SSSR count). The number of carbonyl (C=O) groups excluding carboxylic acids is 2. The molecule has 2 N–H and O–H groups in total. The summed E-state index contributed by atoms with van der Waals surface area (Å²) in [5.74, 6) is 0.513. The summed E-state index contributed by atoms with van der Waals surface area (Å²) >= 11 is 0. The van der Waals surface area contributed by atoms with E-state index in [9.17, 15) is 22.4 Å². The van der Waals surface area contributed by atoms with Crippen LogP contribution in [0.15, 0.2) is 29.2 Å². The number of halogens is 1. The van der Waals surface area contributed by atoms with Crippen LogP contribution in [-0.4, -0.2) is 40.0 Å². The van der Waals surface area contributed by atoms with Crippen molar-refractivity contribution in [2.24, 2.45) is 0 Å². The lowest BCUT2D eigenvalue weighted by atomic mass is 10.3. The Labute approximate surface area is 139 Å². The fraction of sp³-hybridized carbons (Fsp3) is 0.333. The third-order valence-electron chi connectivity index (χ3n) is 2.73. The molecule has 0 aliphatic heterocycles. The smallest absolute Gasteiger partial charge is 0.306 e. The molecule has 9 heteroatoms. The molecule has 0 spiro atoms. The van der Waals surface area contributed by atoms with Crippen molar-refractivity contribution >= 4 is 21.9 Å². The molecule has 0 saturated heterocycles. The van der Waals surface area contributed by atoms with Crippen LogP contribution >= 0.6 is 0 Å². The second-order valence-corrected chi connectivity index (χ2v) is 6.36. The van der Waals surface area contributed by atoms with Crippen LogP contribution in [0.1, 0.15) is 12.8 Å². The van der Waals surface area contributed by atoms with Crippen LogP contribution in [0.2, 0.25) is 0 Å². The van der Waals surface area contributed by atoms with Gasteiger partial charge in [0.15, 0.2) is 6.61 Å². The van der Waals surface area contributed by atoms with E-state index in [0.29, 0.717) is 0 Å². The molecule has 0 heterocycles. The Bertz CT molecular complexity index is 710. The number of ether oxygens (including phenoxy) is 1. The lowest BCUT2D eigenvalue weighted by Crippen LogP contribution is -2.29. The average molecular weight is 356 g/mol. The Morgan fingerprint density at radius 2 is 1.92 bits per heavy atom. The Hall–Kier alpha value is -2.44. The van der Waals surface area contributed by atoms with E-state index >= 15 is 0 Å². The normalized spacial score (nSPS) is 10.7. The van der Waals surface area contributed by atoms with Crippen molar-refractivity contribution in [3.05, 3.63) is 30.1 Å². The molecule has 1 aromatic rings. The van der Waals surface area contributed by atoms with Crippen LogP contribution in [0.5, 0.6) is 0 Å². The van der Waals surface area contributed by atoms with Crippen molar-refractivity contribution in [3.63, 3.8) is 0 Å². The summed E-state index contributed by atoms with van der Waals surface area (Å²) < 4.78 is 43.5. The maximum absolute atomic E-state index is 12.8. The number of carbonyl (C=O) groups is 2. The minimum Gasteiger partial charge on any atom is -0.456 e. The van der Waals surface area contributed by atoms with Crippen molar-refractivity contribution in [1.29, 1.82) is 0 Å². The molecule has 24 heavy (non-hydrogen) atoms. The zero-order valence-electron chi connectivity index (χ0n) is 12.7. The minimum absolute atomic E-state index is 0.00189. The Morgan fingerprint density at radius 1 is 1.25 bits per heavy atom. The Kier molecular flexibility index (Phi) is 7.88. The van der Waals surface area contributed by atoms with Gasteiger partial charge in [0.05, 0.1) is 11.4 Å². The third kappa shape index (κ3) is 7.21. The summed E-state index contributed by atoms with van der Waals surface area (Å²) in [7, 11) is -3.76. The summed E-state index contributed by atoms with van der Waals surface area (Å²) in [6.07, 6.45) is 5.08. The fourth-order valence-corrected chi connectivity index (χ4v) is 2.63. The second-order valence-electron chi connectivity index (χ2n) is 4.60. The van der Waals surface area contributed by atoms with Gasteiger partial charge in [0, 0.05) is 13.0 Å². The van der Waals surface area contributed by atoms with E-state index in [1.807, 2.05) is 0 Å². The van der Waals surface area contributed by atoms with E-state index in [0.717, 1.165) is 24.3 Å². The van der Waals surface area contributed by atoms with Gasteiger partial charge < -0.3 is 10.1 Å². The van der Waals surface area contributed by atoms with Gasteiger partial charge in [-0.15, -0.1) is 6.42 Å². The highest BCUT2D eigenvalue weighted by Crippen LogP contribution is 2.09. The van der Waals surface area contributed by atoms with E-state index in [2.05, 4.69) is 16.0 Å². The van der Waals surface area contributed by atoms with Crippen molar-refractivity contribution in [2.45, 2.75) is 17.7 Å². The van der Waals surface area contributed by atoms with Crippen LogP contribution in [0.25, 0.3) is 0 Å². The minimum atomic E-state index is -3.76. The molecule has 130 valence electrons. The molecule has 0 bridgehead atoms. The molecule has 0 aliphatic rings. The van der Waals surface area contributed by atoms with Gasteiger partial charge in [-0.05, 0) is 30.7 Å². The van der Waals surface area contributed by atoms with Gasteiger partial charge in [-0.2, -0.15) is 0 Å². The maximum Gasteiger partial charge on any atom is 0.306 e. The van der Waals surface area contributed by atoms with Gasteiger partial charge in [-0.1, -0.05) is 5.92 Å². The van der Waals surface area contributed by atoms with E-state index in [1.165, 1.54) is 0 Å². The van der Waals surface area contributed by atoms with Gasteiger partial charge in [0.1, 0.15) is 5.82 Å². The molecule has 0 fully saturated rings. The van der Waals surface area contributed by atoms with Gasteiger partial charge >= 0.3 is 5.97 Å². The number of esters is 1. The molecule has 1 amide bonds. The first-order valence-electron chi connectivity index (χ1n) is 6.96. The molecular weight excluding hydrogens is 339 g/mol. The summed E-state index contributed by atoms with van der Waals surface area (Å²) in [5.41, 5.74) is 0. The van der Waals surface area contributed by atoms with Crippen molar-refractivity contribution in [3.8, 4) is 12.3 Å². The SMILES string of the molecule is C#CCNC(=O)COC(=O)CCCNS(=O)(=O)c1ccc(F)cc1. The second kappa shape index (κ2) is 9.64. The lowest BCUT2D eigenvalue weighted by molar-refractivity contribution is -0.148. The van der Waals surface area contributed by atoms with Crippen LogP contribution in [-0.2, 0) is 24.3 Å². The summed E-state index contributed by atoms with van der Waals surface area (Å²) in [6.45, 7) is -0.401. The monoisotopic (exact) mass is 356 g/mol. The summed E-state index contributed by atoms with van der Waals surface area (Å²) in [4.78, 5) is 22.5. The first-order chi connectivity index (χ1) is 11.3. The molecule has 0 unspecified atom stereocenters. The van der Waals surface area contributed by atoms with Gasteiger partial charge in [-0.3, -0.25) is 9.59 Å². The zero-order chi connectivity index (χ0) is 18.0. The van der Waals surface area contributed by atoms with E-state index < -0.39 is 34.3 Å². The molecule has 1 aromatic carbocycles. The van der Waals surface area contributed by atoms with Crippen molar-refractivity contribution in [2.75, 3.05) is 19.7 Å². The highest BCUT2D eigenvalue weighted by Gasteiger charge is 2.14. The molecule has 7 nitrogen and oxygen atoms in total. The van der Waals surface area contributed by atoms with Crippen molar-refractivity contribution < 1.29 is 27.1 Å². The van der Waals surface area contributed by atoms with Gasteiger partial charge in [0.25, 0.3) is 5.91 Å². The van der Waals surface area contributed by atoms with E-state index in [1.54, 1.807) is 0 Å². The van der Waals surface area contributed by atoms with Gasteiger partial charge in [-0.25, -0.2) is 17.5 Å². The molecule has 0 saturated carbocycles. The number of nitrogens with one attached hydrogen (secondary N) is 2. The molecule has 0 radical (unpaired) electrons. The standard InChI is InChI=1S/C15H17FN2O5S/c1-2-9-17-14(19)11-23-15(20)4-3-10-18-24(21,22)13-7-5-12(16)6-8-13/h1,5-8,18H,3-4,9-11H2,(H,17,19). The highest BCUT2D eigenvalue weighted by atomic mass is 32.2. The zero-order valence-corrected chi connectivity index (χ0v) is 13.6. The topological polar surface area (TPSA) is 102 Å². The Morgan fingerprint density at radius 3 is 2.54 bits per heavy atom. The number of amides is 1. The van der Waals surface area contributed by atoms with Crippen LogP contribution in [0.4, 0.5) is 4.39 Å². The number of terminal acetylenes is 1. The number of hydrogen-bond acceptors (Lipinski definition) is 5. The molecule has 0 atom stereocenters. The van der Waals surface area contributed by atoms with Gasteiger partial charge in [0.2, 0.25) is 10.0 Å². The van der Waals surface area contributed by atoms with E-state index in [-0.39, 0.29) is 30.8 Å².